The number of hydrogen-bond acceptors (Lipinski definition) is 6. The van der Waals surface area contributed by atoms with Gasteiger partial charge in [0.25, 0.3) is 11.8 Å². The molecule has 2 rings (SSSR count). The maximum absolute atomic E-state index is 12.2. The lowest BCUT2D eigenvalue weighted by molar-refractivity contribution is -0.386. The van der Waals surface area contributed by atoms with Crippen LogP contribution in [-0.4, -0.2) is 29.4 Å². The van der Waals surface area contributed by atoms with Gasteiger partial charge in [0.15, 0.2) is 11.9 Å². The molecule has 0 bridgehead atoms. The first-order chi connectivity index (χ1) is 14.9. The predicted molar refractivity (Wildman–Crippen MR) is 115 cm³/mol. The molecule has 0 aliphatic carbocycles. The van der Waals surface area contributed by atoms with Crippen molar-refractivity contribution >= 4 is 17.5 Å². The SMILES string of the molecule is CCCCCCOc1ccc(C(=O)NNC(=O)C(C)Oc2ccccc2[N+](=O)[O-])cc1. The maximum atomic E-state index is 12.2. The van der Waals surface area contributed by atoms with Gasteiger partial charge in [0.2, 0.25) is 0 Å². The number of hydrazine groups is 1. The van der Waals surface area contributed by atoms with E-state index in [1.165, 1.54) is 31.5 Å². The number of nitro groups is 1. The molecule has 1 atom stereocenters. The van der Waals surface area contributed by atoms with Gasteiger partial charge in [-0.15, -0.1) is 0 Å². The Morgan fingerprint density at radius 1 is 1.03 bits per heavy atom. The van der Waals surface area contributed by atoms with Crippen LogP contribution < -0.4 is 20.3 Å². The average molecular weight is 429 g/mol. The van der Waals surface area contributed by atoms with Crippen LogP contribution in [0.3, 0.4) is 0 Å². The van der Waals surface area contributed by atoms with Crippen LogP contribution in [0.4, 0.5) is 5.69 Å². The second-order valence-corrected chi connectivity index (χ2v) is 6.86. The van der Waals surface area contributed by atoms with E-state index in [0.717, 1.165) is 19.3 Å². The van der Waals surface area contributed by atoms with E-state index < -0.39 is 22.8 Å². The lowest BCUT2D eigenvalue weighted by atomic mass is 10.2. The van der Waals surface area contributed by atoms with E-state index in [1.807, 2.05) is 0 Å². The minimum atomic E-state index is -1.06. The van der Waals surface area contributed by atoms with Crippen LogP contribution in [0.5, 0.6) is 11.5 Å². The highest BCUT2D eigenvalue weighted by Gasteiger charge is 2.21. The van der Waals surface area contributed by atoms with Gasteiger partial charge < -0.3 is 9.47 Å². The van der Waals surface area contributed by atoms with Crippen molar-refractivity contribution in [3.8, 4) is 11.5 Å². The van der Waals surface area contributed by atoms with E-state index in [0.29, 0.717) is 17.9 Å². The van der Waals surface area contributed by atoms with Crippen LogP contribution in [0.25, 0.3) is 0 Å². The molecule has 9 heteroatoms. The Balaban J connectivity index is 1.81. The van der Waals surface area contributed by atoms with E-state index in [4.69, 9.17) is 9.47 Å². The number of hydrogen-bond donors (Lipinski definition) is 2. The van der Waals surface area contributed by atoms with Crippen LogP contribution in [0.2, 0.25) is 0 Å². The van der Waals surface area contributed by atoms with Gasteiger partial charge in [-0.1, -0.05) is 38.3 Å². The molecule has 2 aromatic carbocycles. The van der Waals surface area contributed by atoms with E-state index in [9.17, 15) is 19.7 Å². The molecule has 0 heterocycles. The molecule has 9 nitrogen and oxygen atoms in total. The lowest BCUT2D eigenvalue weighted by Crippen LogP contribution is -2.47. The number of nitrogens with zero attached hydrogens (tertiary/aromatic N) is 1. The Kier molecular flexibility index (Phi) is 9.28. The molecule has 2 amide bonds. The number of rotatable bonds is 11. The van der Waals surface area contributed by atoms with Crippen molar-refractivity contribution in [3.63, 3.8) is 0 Å². The van der Waals surface area contributed by atoms with Crippen LogP contribution in [0.15, 0.2) is 48.5 Å². The van der Waals surface area contributed by atoms with Gasteiger partial charge in [0.1, 0.15) is 5.75 Å². The molecular formula is C22H27N3O6. The van der Waals surface area contributed by atoms with Gasteiger partial charge in [-0.3, -0.25) is 30.6 Å². The fourth-order valence-electron chi connectivity index (χ4n) is 2.67. The third kappa shape index (κ3) is 7.61. The van der Waals surface area contributed by atoms with Crippen molar-refractivity contribution in [3.05, 3.63) is 64.2 Å². The molecule has 166 valence electrons. The highest BCUT2D eigenvalue weighted by molar-refractivity contribution is 5.95. The average Bonchev–Trinajstić information content (AvgIpc) is 2.77. The zero-order valence-electron chi connectivity index (χ0n) is 17.6. The van der Waals surface area contributed by atoms with Gasteiger partial charge in [0, 0.05) is 11.6 Å². The minimum absolute atomic E-state index is 0.0354. The number of nitrogens with one attached hydrogen (secondary N) is 2. The summed E-state index contributed by atoms with van der Waals surface area (Å²) in [6, 6.07) is 12.3. The summed E-state index contributed by atoms with van der Waals surface area (Å²) >= 11 is 0. The number of benzene rings is 2. The van der Waals surface area contributed by atoms with Gasteiger partial charge in [-0.25, -0.2) is 0 Å². The fourth-order valence-corrected chi connectivity index (χ4v) is 2.67. The molecule has 0 aliphatic heterocycles. The van der Waals surface area contributed by atoms with Crippen molar-refractivity contribution < 1.29 is 24.0 Å². The summed E-state index contributed by atoms with van der Waals surface area (Å²) in [5, 5.41) is 11.0. The molecule has 2 aromatic rings. The summed E-state index contributed by atoms with van der Waals surface area (Å²) < 4.78 is 11.0. The molecule has 31 heavy (non-hydrogen) atoms. The zero-order valence-corrected chi connectivity index (χ0v) is 17.6. The van der Waals surface area contributed by atoms with Gasteiger partial charge in [-0.05, 0) is 43.7 Å². The van der Waals surface area contributed by atoms with Crippen LogP contribution >= 0.6 is 0 Å². The van der Waals surface area contributed by atoms with E-state index in [1.54, 1.807) is 30.3 Å². The van der Waals surface area contributed by atoms with Crippen molar-refractivity contribution in [2.75, 3.05) is 6.61 Å². The number of carbonyl (C=O) groups is 2. The quantitative estimate of drug-likeness (QED) is 0.319. The molecule has 0 aromatic heterocycles. The molecule has 0 fully saturated rings. The first kappa shape index (κ1) is 23.7. The van der Waals surface area contributed by atoms with Crippen molar-refractivity contribution in [2.24, 2.45) is 0 Å². The molecule has 1 unspecified atom stereocenters. The van der Waals surface area contributed by atoms with Crippen LogP contribution in [-0.2, 0) is 4.79 Å². The summed E-state index contributed by atoms with van der Waals surface area (Å²) in [6.45, 7) is 4.19. The Labute approximate surface area is 180 Å². The predicted octanol–water partition coefficient (Wildman–Crippen LogP) is 3.78. The molecule has 0 spiro atoms. The van der Waals surface area contributed by atoms with Crippen LogP contribution in [0.1, 0.15) is 49.9 Å². The third-order valence-corrected chi connectivity index (χ3v) is 4.42. The third-order valence-electron chi connectivity index (χ3n) is 4.42. The first-order valence-corrected chi connectivity index (χ1v) is 10.2. The highest BCUT2D eigenvalue weighted by Crippen LogP contribution is 2.26. The number of unbranched alkanes of at least 4 members (excludes halogenated alkanes) is 3. The van der Waals surface area contributed by atoms with Crippen molar-refractivity contribution in [2.45, 2.75) is 45.6 Å². The molecule has 0 saturated heterocycles. The normalized spacial score (nSPS) is 11.3. The number of ether oxygens (including phenoxy) is 2. The summed E-state index contributed by atoms with van der Waals surface area (Å²) in [6.07, 6.45) is 3.38. The minimum Gasteiger partial charge on any atom is -0.494 e. The van der Waals surface area contributed by atoms with E-state index >= 15 is 0 Å². The Morgan fingerprint density at radius 2 is 1.74 bits per heavy atom. The summed E-state index contributed by atoms with van der Waals surface area (Å²) in [5.41, 5.74) is 4.64. The smallest absolute Gasteiger partial charge is 0.310 e. The summed E-state index contributed by atoms with van der Waals surface area (Å²) in [5.74, 6) is -0.533. The Hall–Kier alpha value is -3.62. The number of amides is 2. The standard InChI is InChI=1S/C22H27N3O6/c1-3-4-5-8-15-30-18-13-11-17(12-14-18)22(27)24-23-21(26)16(2)31-20-10-7-6-9-19(20)25(28)29/h6-7,9-14,16H,3-5,8,15H2,1-2H3,(H,23,26)(H,24,27). The number of carbonyl (C=O) groups excluding carboxylic acids is 2. The summed E-state index contributed by atoms with van der Waals surface area (Å²) in [4.78, 5) is 34.8. The Morgan fingerprint density at radius 3 is 2.42 bits per heavy atom. The van der Waals surface area contributed by atoms with Gasteiger partial charge in [0.05, 0.1) is 11.5 Å². The molecule has 0 saturated carbocycles. The first-order valence-electron chi connectivity index (χ1n) is 10.2. The molecule has 0 aliphatic rings. The van der Waals surface area contributed by atoms with Gasteiger partial charge in [-0.2, -0.15) is 0 Å². The topological polar surface area (TPSA) is 120 Å². The second kappa shape index (κ2) is 12.2. The lowest BCUT2D eigenvalue weighted by Gasteiger charge is -2.15. The summed E-state index contributed by atoms with van der Waals surface area (Å²) in [7, 11) is 0. The monoisotopic (exact) mass is 429 g/mol. The van der Waals surface area contributed by atoms with Crippen molar-refractivity contribution in [1.29, 1.82) is 0 Å². The maximum Gasteiger partial charge on any atom is 0.310 e. The largest absolute Gasteiger partial charge is 0.494 e. The van der Waals surface area contributed by atoms with Crippen molar-refractivity contribution in [1.82, 2.24) is 10.9 Å². The van der Waals surface area contributed by atoms with E-state index in [-0.39, 0.29) is 11.4 Å². The Bertz CT molecular complexity index is 885. The van der Waals surface area contributed by atoms with Crippen LogP contribution in [0, 0.1) is 10.1 Å². The molecule has 2 N–H and O–H groups in total. The molecule has 0 radical (unpaired) electrons. The number of para-hydroxylation sites is 2. The van der Waals surface area contributed by atoms with Gasteiger partial charge >= 0.3 is 5.69 Å². The highest BCUT2D eigenvalue weighted by atomic mass is 16.6. The number of nitro benzene ring substituents is 1. The second-order valence-electron chi connectivity index (χ2n) is 6.86. The molecular weight excluding hydrogens is 402 g/mol. The fraction of sp³-hybridized carbons (Fsp3) is 0.364. The van der Waals surface area contributed by atoms with E-state index in [2.05, 4.69) is 17.8 Å². The zero-order chi connectivity index (χ0) is 22.6.